The van der Waals surface area contributed by atoms with Gasteiger partial charge in [-0.3, -0.25) is 4.79 Å². The summed E-state index contributed by atoms with van der Waals surface area (Å²) in [6, 6.07) is 23.5. The molecule has 4 aromatic rings. The van der Waals surface area contributed by atoms with E-state index in [0.717, 1.165) is 33.7 Å². The van der Waals surface area contributed by atoms with Crippen molar-refractivity contribution in [2.75, 3.05) is 10.7 Å². The first-order valence-electron chi connectivity index (χ1n) is 11.5. The molecule has 1 aromatic heterocycles. The second-order valence-electron chi connectivity index (χ2n) is 8.63. The number of aromatic nitrogens is 3. The highest BCUT2D eigenvalue weighted by Gasteiger charge is 2.38. The van der Waals surface area contributed by atoms with Crippen LogP contribution in [-0.4, -0.2) is 26.0 Å². The number of fused-ring (bicyclic) bond motifs is 1. The van der Waals surface area contributed by atoms with Gasteiger partial charge in [-0.2, -0.15) is 0 Å². The Morgan fingerprint density at radius 2 is 1.77 bits per heavy atom. The Balaban J connectivity index is 1.43. The maximum absolute atomic E-state index is 13.6. The van der Waals surface area contributed by atoms with Gasteiger partial charge in [0.15, 0.2) is 5.82 Å². The molecular weight excluding hydrogens is 458 g/mol. The van der Waals surface area contributed by atoms with Crippen LogP contribution in [0.5, 0.6) is 5.75 Å². The molecule has 1 amide bonds. The molecule has 0 unspecified atom stereocenters. The predicted molar refractivity (Wildman–Crippen MR) is 138 cm³/mol. The molecule has 35 heavy (non-hydrogen) atoms. The first-order chi connectivity index (χ1) is 17.0. The molecule has 2 N–H and O–H groups in total. The van der Waals surface area contributed by atoms with E-state index in [1.165, 1.54) is 11.8 Å². The topological polar surface area (TPSA) is 81.1 Å². The third kappa shape index (κ3) is 4.88. The van der Waals surface area contributed by atoms with Gasteiger partial charge in [0.05, 0.1) is 6.04 Å². The van der Waals surface area contributed by atoms with E-state index in [2.05, 4.69) is 52.1 Å². The molecule has 0 saturated heterocycles. The number of nitrogens with one attached hydrogen (secondary N) is 2. The number of amides is 1. The average molecular weight is 486 g/mol. The maximum atomic E-state index is 13.6. The van der Waals surface area contributed by atoms with Crippen molar-refractivity contribution in [2.24, 2.45) is 0 Å². The number of nitrogens with zero attached hydrogens (tertiary/aromatic N) is 3. The lowest BCUT2D eigenvalue weighted by Crippen LogP contribution is -2.41. The van der Waals surface area contributed by atoms with Crippen molar-refractivity contribution in [3.63, 3.8) is 0 Å². The molecule has 1 aliphatic heterocycles. The number of carbonyl (C=O) groups excluding carboxylic acids is 1. The highest BCUT2D eigenvalue weighted by molar-refractivity contribution is 8.00. The zero-order valence-electron chi connectivity index (χ0n) is 19.9. The highest BCUT2D eigenvalue weighted by atomic mass is 32.2. The number of benzene rings is 3. The number of carbonyl (C=O) groups is 1. The van der Waals surface area contributed by atoms with Crippen LogP contribution in [0, 0.1) is 20.8 Å². The van der Waals surface area contributed by atoms with Gasteiger partial charge in [0, 0.05) is 5.69 Å². The Labute approximate surface area is 208 Å². The summed E-state index contributed by atoms with van der Waals surface area (Å²) < 4.78 is 7.73. The van der Waals surface area contributed by atoms with E-state index >= 15 is 0 Å². The number of para-hydroxylation sites is 1. The summed E-state index contributed by atoms with van der Waals surface area (Å²) in [5.41, 5.74) is 8.68. The smallest absolute Gasteiger partial charge is 0.240 e. The van der Waals surface area contributed by atoms with Crippen molar-refractivity contribution >= 4 is 23.4 Å². The molecule has 7 nitrogen and oxygen atoms in total. The largest absolute Gasteiger partial charge is 0.486 e. The molecule has 0 spiro atoms. The Morgan fingerprint density at radius 1 is 1.00 bits per heavy atom. The molecule has 2 atom stereocenters. The minimum absolute atomic E-state index is 0.0851. The van der Waals surface area contributed by atoms with Gasteiger partial charge >= 0.3 is 0 Å². The lowest BCUT2D eigenvalue weighted by molar-refractivity contribution is -0.116. The number of thioether (sulfide) groups is 1. The Bertz CT molecular complexity index is 1340. The lowest BCUT2D eigenvalue weighted by atomic mass is 10.0. The number of aryl methyl sites for hydroxylation is 2. The standard InChI is InChI=1S/C27H27N5O2S/c1-17-12-14-20(15-13-17)24-25(26(33)28-22-11-7-8-18(2)19(22)3)35-27-30-29-23(32(27)31-24)16-34-21-9-5-4-6-10-21/h4-15,24-25,31H,16H2,1-3H3,(H,28,33)/t24-,25+/m1/s1. The van der Waals surface area contributed by atoms with Gasteiger partial charge in [0.25, 0.3) is 0 Å². The second kappa shape index (κ2) is 9.84. The van der Waals surface area contributed by atoms with Gasteiger partial charge in [-0.15, -0.1) is 10.2 Å². The average Bonchev–Trinajstić information content (AvgIpc) is 3.28. The Morgan fingerprint density at radius 3 is 2.54 bits per heavy atom. The molecular formula is C27H27N5O2S. The van der Waals surface area contributed by atoms with Gasteiger partial charge in [-0.05, 0) is 55.7 Å². The van der Waals surface area contributed by atoms with E-state index in [1.54, 1.807) is 0 Å². The lowest BCUT2D eigenvalue weighted by Gasteiger charge is -2.33. The Hall–Kier alpha value is -3.78. The fourth-order valence-electron chi connectivity index (χ4n) is 3.97. The molecule has 5 rings (SSSR count). The first kappa shape index (κ1) is 23.0. The Kier molecular flexibility index (Phi) is 6.46. The molecule has 0 aliphatic carbocycles. The van der Waals surface area contributed by atoms with Crippen LogP contribution < -0.4 is 15.5 Å². The van der Waals surface area contributed by atoms with E-state index in [-0.39, 0.29) is 18.6 Å². The van der Waals surface area contributed by atoms with Crippen molar-refractivity contribution in [3.05, 3.63) is 101 Å². The first-order valence-corrected chi connectivity index (χ1v) is 12.4. The number of anilines is 1. The summed E-state index contributed by atoms with van der Waals surface area (Å²) in [6.45, 7) is 6.36. The van der Waals surface area contributed by atoms with Crippen molar-refractivity contribution in [3.8, 4) is 5.75 Å². The molecule has 1 aliphatic rings. The zero-order chi connectivity index (χ0) is 24.4. The fourth-order valence-corrected chi connectivity index (χ4v) is 5.07. The van der Waals surface area contributed by atoms with Crippen LogP contribution in [0.2, 0.25) is 0 Å². The van der Waals surface area contributed by atoms with Crippen LogP contribution >= 0.6 is 11.8 Å². The number of ether oxygens (including phenoxy) is 1. The molecule has 0 bridgehead atoms. The minimum Gasteiger partial charge on any atom is -0.486 e. The highest BCUT2D eigenvalue weighted by Crippen LogP contribution is 2.38. The van der Waals surface area contributed by atoms with Crippen LogP contribution in [0.15, 0.2) is 78.0 Å². The van der Waals surface area contributed by atoms with Crippen molar-refractivity contribution in [1.29, 1.82) is 0 Å². The van der Waals surface area contributed by atoms with Crippen LogP contribution in [0.1, 0.15) is 34.1 Å². The quantitative estimate of drug-likeness (QED) is 0.392. The molecule has 8 heteroatoms. The van der Waals surface area contributed by atoms with E-state index in [0.29, 0.717) is 11.0 Å². The van der Waals surface area contributed by atoms with Crippen molar-refractivity contribution in [1.82, 2.24) is 14.9 Å². The van der Waals surface area contributed by atoms with Crippen molar-refractivity contribution in [2.45, 2.75) is 43.8 Å². The molecule has 0 saturated carbocycles. The summed E-state index contributed by atoms with van der Waals surface area (Å²) in [5, 5.41) is 12.0. The van der Waals surface area contributed by atoms with Gasteiger partial charge in [0.1, 0.15) is 17.6 Å². The van der Waals surface area contributed by atoms with Gasteiger partial charge in [-0.25, -0.2) is 4.68 Å². The van der Waals surface area contributed by atoms with Gasteiger partial charge in [0.2, 0.25) is 11.1 Å². The SMILES string of the molecule is Cc1ccc([C@H]2Nn3c(COc4ccccc4)nnc3S[C@@H]2C(=O)Nc2cccc(C)c2C)cc1. The number of rotatable bonds is 6. The van der Waals surface area contributed by atoms with E-state index in [4.69, 9.17) is 4.74 Å². The fraction of sp³-hybridized carbons (Fsp3) is 0.222. The molecule has 0 fully saturated rings. The number of hydrogen-bond donors (Lipinski definition) is 2. The number of hydrogen-bond acceptors (Lipinski definition) is 6. The predicted octanol–water partition coefficient (Wildman–Crippen LogP) is 5.18. The van der Waals surface area contributed by atoms with E-state index in [1.807, 2.05) is 67.1 Å². The van der Waals surface area contributed by atoms with Crippen molar-refractivity contribution < 1.29 is 9.53 Å². The molecule has 2 heterocycles. The summed E-state index contributed by atoms with van der Waals surface area (Å²) in [6.07, 6.45) is 0. The third-order valence-corrected chi connectivity index (χ3v) is 7.39. The van der Waals surface area contributed by atoms with Crippen LogP contribution in [-0.2, 0) is 11.4 Å². The summed E-state index contributed by atoms with van der Waals surface area (Å²) in [4.78, 5) is 13.6. The van der Waals surface area contributed by atoms with Crippen LogP contribution in [0.3, 0.4) is 0 Å². The van der Waals surface area contributed by atoms with E-state index < -0.39 is 5.25 Å². The molecule has 0 radical (unpaired) electrons. The summed E-state index contributed by atoms with van der Waals surface area (Å²) in [7, 11) is 0. The van der Waals surface area contributed by atoms with Crippen LogP contribution in [0.25, 0.3) is 0 Å². The monoisotopic (exact) mass is 485 g/mol. The zero-order valence-corrected chi connectivity index (χ0v) is 20.7. The normalized spacial score (nSPS) is 16.8. The summed E-state index contributed by atoms with van der Waals surface area (Å²) >= 11 is 1.40. The second-order valence-corrected chi connectivity index (χ2v) is 9.74. The van der Waals surface area contributed by atoms with Gasteiger partial charge in [-0.1, -0.05) is 71.9 Å². The van der Waals surface area contributed by atoms with E-state index in [9.17, 15) is 4.79 Å². The third-order valence-electron chi connectivity index (χ3n) is 6.17. The molecule has 178 valence electrons. The minimum atomic E-state index is -0.447. The van der Waals surface area contributed by atoms with Gasteiger partial charge < -0.3 is 15.5 Å². The van der Waals surface area contributed by atoms with Crippen LogP contribution in [0.4, 0.5) is 5.69 Å². The maximum Gasteiger partial charge on any atom is 0.240 e. The summed E-state index contributed by atoms with van der Waals surface area (Å²) in [5.74, 6) is 1.31. The molecule has 3 aromatic carbocycles.